The van der Waals surface area contributed by atoms with Crippen LogP contribution in [0, 0.1) is 6.92 Å². The first-order valence-electron chi connectivity index (χ1n) is 5.35. The Hall–Kier alpha value is -1.94. The topological polar surface area (TPSA) is 30.7 Å². The Kier molecular flexibility index (Phi) is 2.49. The van der Waals surface area contributed by atoms with Crippen molar-refractivity contribution in [1.82, 2.24) is 14.8 Å². The van der Waals surface area contributed by atoms with Crippen molar-refractivity contribution in [2.24, 2.45) is 0 Å². The van der Waals surface area contributed by atoms with Crippen LogP contribution in [0.5, 0.6) is 0 Å². The smallest absolute Gasteiger partial charge is 0.169 e. The van der Waals surface area contributed by atoms with Crippen molar-refractivity contribution in [3.05, 3.63) is 53.0 Å². The molecule has 17 heavy (non-hydrogen) atoms. The van der Waals surface area contributed by atoms with Crippen LogP contribution in [-0.2, 0) is 0 Å². The minimum Gasteiger partial charge on any atom is -0.282 e. The zero-order valence-electron chi connectivity index (χ0n) is 9.37. The number of nitrogens with zero attached hydrogens (tertiary/aromatic N) is 3. The maximum atomic E-state index is 4.22. The molecule has 0 atom stereocenters. The van der Waals surface area contributed by atoms with Gasteiger partial charge in [0.2, 0.25) is 0 Å². The molecule has 2 aromatic heterocycles. The first-order chi connectivity index (χ1) is 8.36. The molecule has 0 radical (unpaired) electrons. The molecule has 0 aliphatic heterocycles. The predicted molar refractivity (Wildman–Crippen MR) is 69.4 cm³/mol. The van der Waals surface area contributed by atoms with E-state index < -0.39 is 0 Å². The van der Waals surface area contributed by atoms with Crippen LogP contribution in [0.1, 0.15) is 5.56 Å². The molecule has 0 aliphatic carbocycles. The van der Waals surface area contributed by atoms with Crippen LogP contribution >= 0.6 is 11.3 Å². The molecular weight excluding hydrogens is 230 g/mol. The van der Waals surface area contributed by atoms with Crippen LogP contribution in [0.15, 0.2) is 47.4 Å². The van der Waals surface area contributed by atoms with E-state index in [0.717, 1.165) is 17.1 Å². The summed E-state index contributed by atoms with van der Waals surface area (Å²) in [5, 5.41) is 12.5. The lowest BCUT2D eigenvalue weighted by Gasteiger charge is -2.05. The molecular formula is C13H11N3S. The van der Waals surface area contributed by atoms with Gasteiger partial charge in [-0.25, -0.2) is 0 Å². The van der Waals surface area contributed by atoms with E-state index in [0.29, 0.717) is 0 Å². The van der Waals surface area contributed by atoms with Crippen LogP contribution in [0.3, 0.4) is 0 Å². The molecule has 3 rings (SSSR count). The number of para-hydroxylation sites is 1. The normalized spacial score (nSPS) is 10.6. The van der Waals surface area contributed by atoms with E-state index in [2.05, 4.69) is 40.0 Å². The van der Waals surface area contributed by atoms with E-state index in [9.17, 15) is 0 Å². The zero-order chi connectivity index (χ0) is 11.7. The van der Waals surface area contributed by atoms with Gasteiger partial charge in [-0.05, 0) is 30.0 Å². The fraction of sp³-hybridized carbons (Fsp3) is 0.0769. The molecule has 0 spiro atoms. The predicted octanol–water partition coefficient (Wildman–Crippen LogP) is 3.30. The standard InChI is InChI=1S/C13H11N3S/c1-10-7-17-8-12(10)13-15-14-9-16(13)11-5-3-2-4-6-11/h2-9H,1H3. The minimum atomic E-state index is 0.898. The fourth-order valence-electron chi connectivity index (χ4n) is 1.79. The number of benzene rings is 1. The molecule has 0 saturated heterocycles. The quantitative estimate of drug-likeness (QED) is 0.689. The molecule has 0 fully saturated rings. The molecule has 84 valence electrons. The van der Waals surface area contributed by atoms with E-state index in [4.69, 9.17) is 0 Å². The Labute approximate surface area is 103 Å². The van der Waals surface area contributed by atoms with Crippen LogP contribution in [0.4, 0.5) is 0 Å². The summed E-state index contributed by atoms with van der Waals surface area (Å²) in [6.07, 6.45) is 1.75. The highest BCUT2D eigenvalue weighted by Crippen LogP contribution is 2.26. The Morgan fingerprint density at radius 3 is 2.65 bits per heavy atom. The second kappa shape index (κ2) is 4.14. The molecule has 0 bridgehead atoms. The Balaban J connectivity index is 2.16. The van der Waals surface area contributed by atoms with E-state index in [1.165, 1.54) is 5.56 Å². The Bertz CT molecular complexity index is 625. The molecule has 0 unspecified atom stereocenters. The van der Waals surface area contributed by atoms with Crippen molar-refractivity contribution >= 4 is 11.3 Å². The highest BCUT2D eigenvalue weighted by molar-refractivity contribution is 7.08. The average molecular weight is 241 g/mol. The number of hydrogen-bond acceptors (Lipinski definition) is 3. The Morgan fingerprint density at radius 1 is 1.12 bits per heavy atom. The largest absolute Gasteiger partial charge is 0.282 e. The number of hydrogen-bond donors (Lipinski definition) is 0. The third-order valence-electron chi connectivity index (χ3n) is 2.68. The Morgan fingerprint density at radius 2 is 1.94 bits per heavy atom. The molecule has 0 N–H and O–H groups in total. The fourth-order valence-corrected chi connectivity index (χ4v) is 2.61. The van der Waals surface area contributed by atoms with Crippen molar-refractivity contribution in [3.63, 3.8) is 0 Å². The van der Waals surface area contributed by atoms with Gasteiger partial charge in [-0.1, -0.05) is 18.2 Å². The molecule has 0 aliphatic rings. The summed E-state index contributed by atoms with van der Waals surface area (Å²) in [5.41, 5.74) is 3.47. The van der Waals surface area contributed by atoms with Gasteiger partial charge in [0.15, 0.2) is 5.82 Å². The first-order valence-corrected chi connectivity index (χ1v) is 6.29. The second-order valence-corrected chi connectivity index (χ2v) is 4.57. The van der Waals surface area contributed by atoms with Crippen LogP contribution < -0.4 is 0 Å². The first kappa shape index (κ1) is 10.2. The lowest BCUT2D eigenvalue weighted by atomic mass is 10.2. The highest BCUT2D eigenvalue weighted by Gasteiger charge is 2.11. The second-order valence-electron chi connectivity index (χ2n) is 3.83. The third kappa shape index (κ3) is 1.76. The summed E-state index contributed by atoms with van der Waals surface area (Å²) < 4.78 is 2.01. The summed E-state index contributed by atoms with van der Waals surface area (Å²) in [7, 11) is 0. The molecule has 4 heteroatoms. The summed E-state index contributed by atoms with van der Waals surface area (Å²) in [6, 6.07) is 10.1. The highest BCUT2D eigenvalue weighted by atomic mass is 32.1. The molecule has 0 saturated carbocycles. The summed E-state index contributed by atoms with van der Waals surface area (Å²) >= 11 is 1.69. The number of aryl methyl sites for hydroxylation is 1. The van der Waals surface area contributed by atoms with Gasteiger partial charge in [0.1, 0.15) is 6.33 Å². The molecule has 3 aromatic rings. The van der Waals surface area contributed by atoms with Gasteiger partial charge in [-0.3, -0.25) is 4.57 Å². The van der Waals surface area contributed by atoms with E-state index in [1.807, 2.05) is 22.8 Å². The summed E-state index contributed by atoms with van der Waals surface area (Å²) in [5.74, 6) is 0.898. The van der Waals surface area contributed by atoms with E-state index in [1.54, 1.807) is 17.7 Å². The van der Waals surface area contributed by atoms with Gasteiger partial charge in [-0.15, -0.1) is 10.2 Å². The van der Waals surface area contributed by atoms with Crippen molar-refractivity contribution in [3.8, 4) is 17.1 Å². The number of aromatic nitrogens is 3. The van der Waals surface area contributed by atoms with Gasteiger partial charge < -0.3 is 0 Å². The van der Waals surface area contributed by atoms with Crippen molar-refractivity contribution in [2.75, 3.05) is 0 Å². The van der Waals surface area contributed by atoms with Crippen LogP contribution in [0.2, 0.25) is 0 Å². The maximum Gasteiger partial charge on any atom is 0.169 e. The van der Waals surface area contributed by atoms with Gasteiger partial charge in [0.05, 0.1) is 0 Å². The summed E-state index contributed by atoms with van der Waals surface area (Å²) in [4.78, 5) is 0. The van der Waals surface area contributed by atoms with Crippen LogP contribution in [-0.4, -0.2) is 14.8 Å². The molecule has 2 heterocycles. The minimum absolute atomic E-state index is 0.898. The van der Waals surface area contributed by atoms with E-state index in [-0.39, 0.29) is 0 Å². The van der Waals surface area contributed by atoms with E-state index >= 15 is 0 Å². The monoisotopic (exact) mass is 241 g/mol. The summed E-state index contributed by atoms with van der Waals surface area (Å²) in [6.45, 7) is 2.09. The van der Waals surface area contributed by atoms with Gasteiger partial charge in [0, 0.05) is 16.6 Å². The average Bonchev–Trinajstić information content (AvgIpc) is 2.98. The number of thiophene rings is 1. The molecule has 0 amide bonds. The molecule has 3 nitrogen and oxygen atoms in total. The van der Waals surface area contributed by atoms with Gasteiger partial charge >= 0.3 is 0 Å². The zero-order valence-corrected chi connectivity index (χ0v) is 10.2. The maximum absolute atomic E-state index is 4.22. The SMILES string of the molecule is Cc1cscc1-c1nncn1-c1ccccc1. The van der Waals surface area contributed by atoms with Crippen LogP contribution in [0.25, 0.3) is 17.1 Å². The van der Waals surface area contributed by atoms with Gasteiger partial charge in [0.25, 0.3) is 0 Å². The van der Waals surface area contributed by atoms with Gasteiger partial charge in [-0.2, -0.15) is 11.3 Å². The third-order valence-corrected chi connectivity index (χ3v) is 3.54. The van der Waals surface area contributed by atoms with Crippen molar-refractivity contribution in [1.29, 1.82) is 0 Å². The lowest BCUT2D eigenvalue weighted by molar-refractivity contribution is 1.06. The lowest BCUT2D eigenvalue weighted by Crippen LogP contribution is -1.95. The number of rotatable bonds is 2. The van der Waals surface area contributed by atoms with Crippen molar-refractivity contribution < 1.29 is 0 Å². The molecule has 1 aromatic carbocycles. The van der Waals surface area contributed by atoms with Crippen molar-refractivity contribution in [2.45, 2.75) is 6.92 Å².